The van der Waals surface area contributed by atoms with Crippen LogP contribution in [0.3, 0.4) is 0 Å². The SMILES string of the molecule is COC(=O)c1c(NC(=O)c2ccc(Br)cc2)sc(C(=O)N(C)C)c1C. The summed E-state index contributed by atoms with van der Waals surface area (Å²) < 4.78 is 5.65. The van der Waals surface area contributed by atoms with Crippen molar-refractivity contribution in [3.63, 3.8) is 0 Å². The van der Waals surface area contributed by atoms with E-state index in [-0.39, 0.29) is 17.4 Å². The van der Waals surface area contributed by atoms with Crippen LogP contribution in [0.1, 0.15) is 36.0 Å². The summed E-state index contributed by atoms with van der Waals surface area (Å²) in [4.78, 5) is 38.7. The maximum Gasteiger partial charge on any atom is 0.341 e. The van der Waals surface area contributed by atoms with E-state index in [1.54, 1.807) is 45.3 Å². The summed E-state index contributed by atoms with van der Waals surface area (Å²) in [5.41, 5.74) is 1.12. The number of esters is 1. The lowest BCUT2D eigenvalue weighted by Crippen LogP contribution is -2.21. The molecule has 0 spiro atoms. The van der Waals surface area contributed by atoms with Crippen molar-refractivity contribution >= 4 is 50.1 Å². The van der Waals surface area contributed by atoms with Gasteiger partial charge in [-0.05, 0) is 36.8 Å². The number of rotatable bonds is 4. The Labute approximate surface area is 157 Å². The molecule has 0 atom stereocenters. The number of nitrogens with zero attached hydrogens (tertiary/aromatic N) is 1. The molecule has 25 heavy (non-hydrogen) atoms. The Hall–Kier alpha value is -2.19. The number of carbonyl (C=O) groups excluding carboxylic acids is 3. The van der Waals surface area contributed by atoms with Gasteiger partial charge in [0.2, 0.25) is 0 Å². The molecule has 1 heterocycles. The van der Waals surface area contributed by atoms with E-state index in [0.717, 1.165) is 15.8 Å². The Balaban J connectivity index is 2.43. The minimum absolute atomic E-state index is 0.197. The van der Waals surface area contributed by atoms with E-state index < -0.39 is 5.97 Å². The highest BCUT2D eigenvalue weighted by Gasteiger charge is 2.27. The van der Waals surface area contributed by atoms with Crippen LogP contribution in [0.4, 0.5) is 5.00 Å². The highest BCUT2D eigenvalue weighted by Crippen LogP contribution is 2.34. The third-order valence-corrected chi connectivity index (χ3v) is 5.19. The third-order valence-electron chi connectivity index (χ3n) is 3.47. The average molecular weight is 425 g/mol. The van der Waals surface area contributed by atoms with Crippen molar-refractivity contribution in [1.82, 2.24) is 4.90 Å². The number of nitrogens with one attached hydrogen (secondary N) is 1. The van der Waals surface area contributed by atoms with Gasteiger partial charge in [0.1, 0.15) is 5.00 Å². The number of anilines is 1. The molecule has 6 nitrogen and oxygen atoms in total. The number of amides is 2. The lowest BCUT2D eigenvalue weighted by atomic mass is 10.1. The van der Waals surface area contributed by atoms with Crippen LogP contribution < -0.4 is 5.32 Å². The highest BCUT2D eigenvalue weighted by atomic mass is 79.9. The van der Waals surface area contributed by atoms with Crippen molar-refractivity contribution in [2.24, 2.45) is 0 Å². The van der Waals surface area contributed by atoms with E-state index in [0.29, 0.717) is 21.0 Å². The lowest BCUT2D eigenvalue weighted by Gasteiger charge is -2.08. The van der Waals surface area contributed by atoms with Crippen molar-refractivity contribution in [2.45, 2.75) is 6.92 Å². The Bertz CT molecular complexity index is 828. The maximum atomic E-state index is 12.4. The number of thiophene rings is 1. The number of hydrogen-bond donors (Lipinski definition) is 1. The molecule has 0 bridgehead atoms. The monoisotopic (exact) mass is 424 g/mol. The van der Waals surface area contributed by atoms with Gasteiger partial charge in [-0.3, -0.25) is 9.59 Å². The lowest BCUT2D eigenvalue weighted by molar-refractivity contribution is 0.0601. The van der Waals surface area contributed by atoms with E-state index in [2.05, 4.69) is 21.2 Å². The summed E-state index contributed by atoms with van der Waals surface area (Å²) >= 11 is 4.37. The molecule has 2 amide bonds. The van der Waals surface area contributed by atoms with Gasteiger partial charge < -0.3 is 15.0 Å². The fourth-order valence-corrected chi connectivity index (χ4v) is 3.61. The summed E-state index contributed by atoms with van der Waals surface area (Å²) in [7, 11) is 4.51. The van der Waals surface area contributed by atoms with Crippen molar-refractivity contribution in [3.05, 3.63) is 50.3 Å². The molecular weight excluding hydrogens is 408 g/mol. The Kier molecular flexibility index (Phi) is 5.97. The molecule has 0 aliphatic carbocycles. The standard InChI is InChI=1S/C17H17BrN2O4S/c1-9-12(17(23)24-4)15(25-13(9)16(22)20(2)3)19-14(21)10-5-7-11(18)8-6-10/h5-8H,1-4H3,(H,19,21). The van der Waals surface area contributed by atoms with Gasteiger partial charge in [0.05, 0.1) is 17.6 Å². The molecule has 0 unspecified atom stereocenters. The number of benzene rings is 1. The van der Waals surface area contributed by atoms with Gasteiger partial charge in [-0.1, -0.05) is 15.9 Å². The second-order valence-corrected chi connectivity index (χ2v) is 7.35. The fourth-order valence-electron chi connectivity index (χ4n) is 2.13. The minimum Gasteiger partial charge on any atom is -0.465 e. The maximum absolute atomic E-state index is 12.4. The van der Waals surface area contributed by atoms with Crippen molar-refractivity contribution in [2.75, 3.05) is 26.5 Å². The molecule has 1 aromatic heterocycles. The summed E-state index contributed by atoms with van der Waals surface area (Å²) in [6.45, 7) is 1.66. The van der Waals surface area contributed by atoms with Crippen LogP contribution in [0.15, 0.2) is 28.7 Å². The molecule has 1 aromatic carbocycles. The van der Waals surface area contributed by atoms with E-state index in [1.807, 2.05) is 0 Å². The van der Waals surface area contributed by atoms with Gasteiger partial charge in [-0.15, -0.1) is 11.3 Å². The summed E-state index contributed by atoms with van der Waals surface area (Å²) in [6.07, 6.45) is 0. The molecule has 0 saturated carbocycles. The zero-order valence-corrected chi connectivity index (χ0v) is 16.6. The fraction of sp³-hybridized carbons (Fsp3) is 0.235. The van der Waals surface area contributed by atoms with Crippen molar-refractivity contribution in [3.8, 4) is 0 Å². The van der Waals surface area contributed by atoms with Crippen LogP contribution in [-0.2, 0) is 4.74 Å². The van der Waals surface area contributed by atoms with Crippen LogP contribution in [0.2, 0.25) is 0 Å². The molecule has 8 heteroatoms. The first-order valence-electron chi connectivity index (χ1n) is 7.26. The average Bonchev–Trinajstić information content (AvgIpc) is 2.90. The van der Waals surface area contributed by atoms with Gasteiger partial charge in [0.25, 0.3) is 11.8 Å². The van der Waals surface area contributed by atoms with Crippen LogP contribution in [0.5, 0.6) is 0 Å². The number of carbonyl (C=O) groups is 3. The van der Waals surface area contributed by atoms with Crippen LogP contribution in [0.25, 0.3) is 0 Å². The summed E-state index contributed by atoms with van der Waals surface area (Å²) in [6, 6.07) is 6.81. The van der Waals surface area contributed by atoms with Crippen LogP contribution in [0, 0.1) is 6.92 Å². The number of methoxy groups -OCH3 is 1. The number of hydrogen-bond acceptors (Lipinski definition) is 5. The molecule has 1 N–H and O–H groups in total. The first-order valence-corrected chi connectivity index (χ1v) is 8.87. The van der Waals surface area contributed by atoms with Gasteiger partial charge in [0, 0.05) is 24.1 Å². The molecule has 0 aliphatic rings. The molecule has 0 fully saturated rings. The first kappa shape index (κ1) is 19.1. The molecule has 0 radical (unpaired) electrons. The predicted octanol–water partition coefficient (Wildman–Crippen LogP) is 3.56. The normalized spacial score (nSPS) is 10.3. The largest absolute Gasteiger partial charge is 0.465 e. The zero-order chi connectivity index (χ0) is 18.7. The summed E-state index contributed by atoms with van der Waals surface area (Å²) in [5, 5.41) is 3.00. The van der Waals surface area contributed by atoms with E-state index in [4.69, 9.17) is 4.74 Å². The van der Waals surface area contributed by atoms with Crippen LogP contribution >= 0.6 is 27.3 Å². The second kappa shape index (κ2) is 7.79. The Morgan fingerprint density at radius 1 is 1.16 bits per heavy atom. The quantitative estimate of drug-likeness (QED) is 0.761. The molecular formula is C17H17BrN2O4S. The van der Waals surface area contributed by atoms with Gasteiger partial charge in [-0.25, -0.2) is 4.79 Å². The third kappa shape index (κ3) is 4.08. The Morgan fingerprint density at radius 2 is 1.76 bits per heavy atom. The highest BCUT2D eigenvalue weighted by molar-refractivity contribution is 9.10. The molecule has 2 rings (SSSR count). The van der Waals surface area contributed by atoms with Crippen LogP contribution in [-0.4, -0.2) is 43.9 Å². The van der Waals surface area contributed by atoms with Gasteiger partial charge >= 0.3 is 5.97 Å². The van der Waals surface area contributed by atoms with E-state index in [9.17, 15) is 14.4 Å². The molecule has 0 aliphatic heterocycles. The van der Waals surface area contributed by atoms with E-state index in [1.165, 1.54) is 12.0 Å². The number of halogens is 1. The van der Waals surface area contributed by atoms with E-state index >= 15 is 0 Å². The van der Waals surface area contributed by atoms with Crippen molar-refractivity contribution in [1.29, 1.82) is 0 Å². The second-order valence-electron chi connectivity index (χ2n) is 5.41. The smallest absolute Gasteiger partial charge is 0.341 e. The molecule has 2 aromatic rings. The number of ether oxygens (including phenoxy) is 1. The summed E-state index contributed by atoms with van der Waals surface area (Å²) in [5.74, 6) is -1.21. The van der Waals surface area contributed by atoms with Gasteiger partial charge in [0.15, 0.2) is 0 Å². The van der Waals surface area contributed by atoms with Crippen molar-refractivity contribution < 1.29 is 19.1 Å². The zero-order valence-electron chi connectivity index (χ0n) is 14.2. The Morgan fingerprint density at radius 3 is 2.28 bits per heavy atom. The molecule has 132 valence electrons. The minimum atomic E-state index is -0.599. The topological polar surface area (TPSA) is 75.7 Å². The first-order chi connectivity index (χ1) is 11.8. The predicted molar refractivity (Wildman–Crippen MR) is 101 cm³/mol. The molecule has 0 saturated heterocycles. The van der Waals surface area contributed by atoms with Gasteiger partial charge in [-0.2, -0.15) is 0 Å².